The van der Waals surface area contributed by atoms with E-state index in [-0.39, 0.29) is 5.82 Å². The summed E-state index contributed by atoms with van der Waals surface area (Å²) in [5, 5.41) is 3.33. The van der Waals surface area contributed by atoms with Crippen molar-refractivity contribution in [2.45, 2.75) is 12.8 Å². The van der Waals surface area contributed by atoms with Gasteiger partial charge < -0.3 is 10.1 Å². The van der Waals surface area contributed by atoms with Crippen molar-refractivity contribution in [3.8, 4) is 5.75 Å². The molecule has 1 aromatic carbocycles. The molecule has 1 unspecified atom stereocenters. The fourth-order valence-corrected chi connectivity index (χ4v) is 2.60. The van der Waals surface area contributed by atoms with Crippen LogP contribution < -0.4 is 10.1 Å². The first-order valence-corrected chi connectivity index (χ1v) is 6.22. The molecule has 1 aromatic rings. The summed E-state index contributed by atoms with van der Waals surface area (Å²) in [5.41, 5.74) is 1.12. The molecule has 1 N–H and O–H groups in total. The molecular formula is C12H15BrFNO. The normalized spacial score (nSPS) is 20.1. The quantitative estimate of drug-likeness (QED) is 0.923. The third-order valence-electron chi connectivity index (χ3n) is 2.96. The van der Waals surface area contributed by atoms with Gasteiger partial charge in [0.25, 0.3) is 0 Å². The van der Waals surface area contributed by atoms with Gasteiger partial charge in [0.05, 0.1) is 11.6 Å². The molecule has 4 heteroatoms. The van der Waals surface area contributed by atoms with E-state index in [2.05, 4.69) is 21.2 Å². The van der Waals surface area contributed by atoms with Gasteiger partial charge in [0, 0.05) is 0 Å². The van der Waals surface area contributed by atoms with Crippen molar-refractivity contribution >= 4 is 15.9 Å². The molecular weight excluding hydrogens is 273 g/mol. The Kier molecular flexibility index (Phi) is 3.82. The van der Waals surface area contributed by atoms with E-state index >= 15 is 0 Å². The van der Waals surface area contributed by atoms with Crippen LogP contribution in [0.5, 0.6) is 5.75 Å². The lowest BCUT2D eigenvalue weighted by molar-refractivity contribution is 0.384. The molecule has 2 rings (SSSR count). The van der Waals surface area contributed by atoms with Crippen LogP contribution in [0, 0.1) is 11.7 Å². The number of benzene rings is 1. The maximum atomic E-state index is 13.5. The minimum atomic E-state index is -0.323. The van der Waals surface area contributed by atoms with E-state index in [4.69, 9.17) is 4.74 Å². The Labute approximate surface area is 103 Å². The van der Waals surface area contributed by atoms with E-state index in [1.807, 2.05) is 6.07 Å². The van der Waals surface area contributed by atoms with Gasteiger partial charge in [-0.2, -0.15) is 0 Å². The van der Waals surface area contributed by atoms with Gasteiger partial charge in [-0.15, -0.1) is 0 Å². The van der Waals surface area contributed by atoms with Crippen molar-refractivity contribution in [3.63, 3.8) is 0 Å². The SMILES string of the molecule is COc1cc(CC2CCNC2)cc(Br)c1F. The van der Waals surface area contributed by atoms with Crippen LogP contribution in [0.1, 0.15) is 12.0 Å². The van der Waals surface area contributed by atoms with Crippen molar-refractivity contribution < 1.29 is 9.13 Å². The average molecular weight is 288 g/mol. The van der Waals surface area contributed by atoms with Crippen LogP contribution in [0.3, 0.4) is 0 Å². The Morgan fingerprint density at radius 2 is 2.38 bits per heavy atom. The Morgan fingerprint density at radius 1 is 1.56 bits per heavy atom. The van der Waals surface area contributed by atoms with Crippen molar-refractivity contribution in [2.24, 2.45) is 5.92 Å². The molecule has 1 aliphatic heterocycles. The van der Waals surface area contributed by atoms with Crippen LogP contribution in [0.25, 0.3) is 0 Å². The molecule has 16 heavy (non-hydrogen) atoms. The minimum Gasteiger partial charge on any atom is -0.494 e. The molecule has 1 fully saturated rings. The first kappa shape index (κ1) is 11.9. The van der Waals surface area contributed by atoms with Gasteiger partial charge in [0.2, 0.25) is 0 Å². The second kappa shape index (κ2) is 5.15. The third kappa shape index (κ3) is 2.55. The van der Waals surface area contributed by atoms with E-state index < -0.39 is 0 Å². The fourth-order valence-electron chi connectivity index (χ4n) is 2.11. The van der Waals surface area contributed by atoms with Gasteiger partial charge in [0.15, 0.2) is 11.6 Å². The molecule has 0 amide bonds. The van der Waals surface area contributed by atoms with E-state index in [1.54, 1.807) is 6.07 Å². The number of hydrogen-bond donors (Lipinski definition) is 1. The molecule has 0 bridgehead atoms. The number of hydrogen-bond acceptors (Lipinski definition) is 2. The first-order chi connectivity index (χ1) is 7.70. The zero-order valence-electron chi connectivity index (χ0n) is 9.22. The summed E-state index contributed by atoms with van der Waals surface area (Å²) in [6.45, 7) is 2.14. The third-order valence-corrected chi connectivity index (χ3v) is 3.54. The predicted octanol–water partition coefficient (Wildman–Crippen LogP) is 2.75. The summed E-state index contributed by atoms with van der Waals surface area (Å²) in [5.74, 6) is 0.646. The van der Waals surface area contributed by atoms with Crippen LogP contribution in [0.2, 0.25) is 0 Å². The van der Waals surface area contributed by atoms with Crippen molar-refractivity contribution in [3.05, 3.63) is 28.0 Å². The zero-order valence-corrected chi connectivity index (χ0v) is 10.8. The van der Waals surface area contributed by atoms with Gasteiger partial charge in [-0.25, -0.2) is 4.39 Å². The molecule has 88 valence electrons. The maximum Gasteiger partial charge on any atom is 0.179 e. The van der Waals surface area contributed by atoms with Crippen molar-refractivity contribution in [2.75, 3.05) is 20.2 Å². The highest BCUT2D eigenvalue weighted by Crippen LogP contribution is 2.28. The monoisotopic (exact) mass is 287 g/mol. The highest BCUT2D eigenvalue weighted by molar-refractivity contribution is 9.10. The van der Waals surface area contributed by atoms with E-state index in [9.17, 15) is 4.39 Å². The zero-order chi connectivity index (χ0) is 11.5. The Hall–Kier alpha value is -0.610. The van der Waals surface area contributed by atoms with Gasteiger partial charge in [-0.05, 0) is 65.5 Å². The lowest BCUT2D eigenvalue weighted by Gasteiger charge is -2.11. The second-order valence-electron chi connectivity index (χ2n) is 4.16. The summed E-state index contributed by atoms with van der Waals surface area (Å²) >= 11 is 3.22. The lowest BCUT2D eigenvalue weighted by Crippen LogP contribution is -2.11. The number of rotatable bonds is 3. The highest BCUT2D eigenvalue weighted by Gasteiger charge is 2.17. The fraction of sp³-hybridized carbons (Fsp3) is 0.500. The molecule has 0 spiro atoms. The second-order valence-corrected chi connectivity index (χ2v) is 5.01. The molecule has 1 saturated heterocycles. The Balaban J connectivity index is 2.17. The Bertz CT molecular complexity index is 378. The molecule has 1 heterocycles. The van der Waals surface area contributed by atoms with Crippen LogP contribution >= 0.6 is 15.9 Å². The van der Waals surface area contributed by atoms with E-state index in [0.717, 1.165) is 25.1 Å². The maximum absolute atomic E-state index is 13.5. The van der Waals surface area contributed by atoms with Crippen LogP contribution in [-0.4, -0.2) is 20.2 Å². The minimum absolute atomic E-state index is 0.315. The number of halogens is 2. The largest absolute Gasteiger partial charge is 0.494 e. The molecule has 1 atom stereocenters. The summed E-state index contributed by atoms with van der Waals surface area (Å²) in [7, 11) is 1.49. The first-order valence-electron chi connectivity index (χ1n) is 5.43. The van der Waals surface area contributed by atoms with Gasteiger partial charge >= 0.3 is 0 Å². The number of nitrogens with one attached hydrogen (secondary N) is 1. The smallest absolute Gasteiger partial charge is 0.179 e. The molecule has 0 radical (unpaired) electrons. The highest BCUT2D eigenvalue weighted by atomic mass is 79.9. The predicted molar refractivity (Wildman–Crippen MR) is 65.3 cm³/mol. The molecule has 0 aliphatic carbocycles. The molecule has 2 nitrogen and oxygen atoms in total. The van der Waals surface area contributed by atoms with Gasteiger partial charge in [-0.1, -0.05) is 0 Å². The number of ether oxygens (including phenoxy) is 1. The van der Waals surface area contributed by atoms with Crippen LogP contribution in [0.4, 0.5) is 4.39 Å². The summed E-state index contributed by atoms with van der Waals surface area (Å²) in [4.78, 5) is 0. The molecule has 0 saturated carbocycles. The summed E-state index contributed by atoms with van der Waals surface area (Å²) < 4.78 is 19.0. The summed E-state index contributed by atoms with van der Waals surface area (Å²) in [6.07, 6.45) is 2.17. The Morgan fingerprint density at radius 3 is 3.00 bits per heavy atom. The standard InChI is InChI=1S/C12H15BrFNO/c1-16-11-6-9(5-10(13)12(11)14)4-8-2-3-15-7-8/h5-6,8,15H,2-4,7H2,1H3. The molecule has 0 aromatic heterocycles. The van der Waals surface area contributed by atoms with Crippen LogP contribution in [-0.2, 0) is 6.42 Å². The van der Waals surface area contributed by atoms with Gasteiger partial charge in [0.1, 0.15) is 0 Å². The van der Waals surface area contributed by atoms with Gasteiger partial charge in [-0.3, -0.25) is 0 Å². The van der Waals surface area contributed by atoms with E-state index in [0.29, 0.717) is 16.1 Å². The topological polar surface area (TPSA) is 21.3 Å². The van der Waals surface area contributed by atoms with E-state index in [1.165, 1.54) is 13.5 Å². The summed E-state index contributed by atoms with van der Waals surface area (Å²) in [6, 6.07) is 3.63. The number of methoxy groups -OCH3 is 1. The van der Waals surface area contributed by atoms with Crippen molar-refractivity contribution in [1.29, 1.82) is 0 Å². The average Bonchev–Trinajstić information content (AvgIpc) is 2.76. The lowest BCUT2D eigenvalue weighted by atomic mass is 9.98. The molecule has 1 aliphatic rings. The van der Waals surface area contributed by atoms with Crippen molar-refractivity contribution in [1.82, 2.24) is 5.32 Å². The van der Waals surface area contributed by atoms with Crippen LogP contribution in [0.15, 0.2) is 16.6 Å².